The third kappa shape index (κ3) is 5.67. The summed E-state index contributed by atoms with van der Waals surface area (Å²) in [5.74, 6) is 0. The van der Waals surface area contributed by atoms with Crippen LogP contribution >= 0.6 is 11.3 Å². The van der Waals surface area contributed by atoms with E-state index in [4.69, 9.17) is 0 Å². The summed E-state index contributed by atoms with van der Waals surface area (Å²) >= 11 is 1.91. The minimum Gasteiger partial charge on any atom is -0.309 e. The summed E-state index contributed by atoms with van der Waals surface area (Å²) in [6, 6.07) is 92.6. The highest BCUT2D eigenvalue weighted by atomic mass is 32.1. The SMILES string of the molecule is c1ccc(-c2cc(N(c3ccc(-c4ccc5ccccc5c4)cc3)c3ccc4c(c3)C3(c5ccccc5-c5ccccc53)c3ccccc3-4)c3sc4c(-c5ccccc5)cccc4c3c2)cc1. The summed E-state index contributed by atoms with van der Waals surface area (Å²) in [6.45, 7) is 0. The fourth-order valence-corrected chi connectivity index (χ4v) is 12.8. The van der Waals surface area contributed by atoms with Crippen molar-refractivity contribution in [3.8, 4) is 55.6 Å². The molecule has 2 aliphatic carbocycles. The first-order valence-corrected chi connectivity index (χ1v) is 24.0. The van der Waals surface area contributed by atoms with E-state index in [0.29, 0.717) is 0 Å². The fourth-order valence-electron chi connectivity index (χ4n) is 11.5. The molecule has 1 heterocycles. The molecule has 12 aromatic rings. The lowest BCUT2D eigenvalue weighted by Gasteiger charge is -2.32. The Bertz CT molecular complexity index is 3860. The minimum absolute atomic E-state index is 0.468. The van der Waals surface area contributed by atoms with Gasteiger partial charge in [-0.25, -0.2) is 0 Å². The van der Waals surface area contributed by atoms with E-state index in [1.807, 2.05) is 11.3 Å². The van der Waals surface area contributed by atoms with Crippen molar-refractivity contribution < 1.29 is 0 Å². The average molecular weight is 868 g/mol. The molecule has 1 nitrogen and oxygen atoms in total. The van der Waals surface area contributed by atoms with Gasteiger partial charge in [0.1, 0.15) is 0 Å². The number of hydrogen-bond donors (Lipinski definition) is 0. The Morgan fingerprint density at radius 2 is 0.821 bits per heavy atom. The molecule has 67 heavy (non-hydrogen) atoms. The molecular formula is C65H41NS. The first-order valence-electron chi connectivity index (χ1n) is 23.2. The van der Waals surface area contributed by atoms with Crippen molar-refractivity contribution in [3.63, 3.8) is 0 Å². The lowest BCUT2D eigenvalue weighted by Crippen LogP contribution is -2.26. The van der Waals surface area contributed by atoms with E-state index >= 15 is 0 Å². The molecule has 0 N–H and O–H groups in total. The smallest absolute Gasteiger partial charge is 0.0726 e. The van der Waals surface area contributed by atoms with Crippen molar-refractivity contribution in [1.82, 2.24) is 0 Å². The quantitative estimate of drug-likeness (QED) is 0.161. The standard InChI is InChI=1S/C65H41NS/c1-3-16-42(17-4-1)48-39-57-56-26-15-25-51(45-19-5-2-6-20-45)63(56)67-64(57)62(40-48)66(49-34-32-44(33-35-49)47-31-30-43-18-7-8-21-46(43)38-47)50-36-37-55-54-24-11-14-29-60(54)65(61(55)41-50)58-27-12-9-22-52(58)53-23-10-13-28-59(53)65/h1-41H. The highest BCUT2D eigenvalue weighted by Crippen LogP contribution is 2.63. The highest BCUT2D eigenvalue weighted by molar-refractivity contribution is 7.27. The molecule has 0 saturated heterocycles. The van der Waals surface area contributed by atoms with Gasteiger partial charge >= 0.3 is 0 Å². The largest absolute Gasteiger partial charge is 0.309 e. The molecule has 0 radical (unpaired) electrons. The second-order valence-corrected chi connectivity index (χ2v) is 19.0. The van der Waals surface area contributed by atoms with Gasteiger partial charge < -0.3 is 4.90 Å². The van der Waals surface area contributed by atoms with Crippen LogP contribution in [0.4, 0.5) is 17.1 Å². The van der Waals surface area contributed by atoms with Gasteiger partial charge in [0.05, 0.1) is 15.8 Å². The van der Waals surface area contributed by atoms with Crippen molar-refractivity contribution in [2.24, 2.45) is 0 Å². The number of hydrogen-bond acceptors (Lipinski definition) is 2. The lowest BCUT2D eigenvalue weighted by molar-refractivity contribution is 0.793. The van der Waals surface area contributed by atoms with Gasteiger partial charge in [0, 0.05) is 26.8 Å². The van der Waals surface area contributed by atoms with Crippen LogP contribution in [0.5, 0.6) is 0 Å². The summed E-state index contributed by atoms with van der Waals surface area (Å²) in [4.78, 5) is 2.54. The van der Waals surface area contributed by atoms with Crippen LogP contribution in [0, 0.1) is 0 Å². The Morgan fingerprint density at radius 1 is 0.284 bits per heavy atom. The van der Waals surface area contributed by atoms with Gasteiger partial charge in [0.15, 0.2) is 0 Å². The van der Waals surface area contributed by atoms with Crippen molar-refractivity contribution in [3.05, 3.63) is 271 Å². The fraction of sp³-hybridized carbons (Fsp3) is 0.0154. The molecule has 0 amide bonds. The first kappa shape index (κ1) is 38.0. The maximum Gasteiger partial charge on any atom is 0.0726 e. The second-order valence-electron chi connectivity index (χ2n) is 17.9. The third-order valence-corrected chi connectivity index (χ3v) is 15.7. The number of anilines is 3. The third-order valence-electron chi connectivity index (χ3n) is 14.5. The number of benzene rings is 11. The molecule has 0 bridgehead atoms. The number of nitrogens with zero attached hydrogens (tertiary/aromatic N) is 1. The summed E-state index contributed by atoms with van der Waals surface area (Å²) < 4.78 is 2.55. The van der Waals surface area contributed by atoms with Gasteiger partial charge in [-0.05, 0) is 131 Å². The minimum atomic E-state index is -0.468. The zero-order valence-corrected chi connectivity index (χ0v) is 37.3. The summed E-state index contributed by atoms with van der Waals surface area (Å²) in [6.07, 6.45) is 0. The molecule has 0 fully saturated rings. The van der Waals surface area contributed by atoms with Gasteiger partial charge in [0.2, 0.25) is 0 Å². The molecule has 14 rings (SSSR count). The molecule has 2 heteroatoms. The summed E-state index contributed by atoms with van der Waals surface area (Å²) in [7, 11) is 0. The van der Waals surface area contributed by atoms with E-state index in [2.05, 4.69) is 254 Å². The van der Waals surface area contributed by atoms with Gasteiger partial charge in [-0.15, -0.1) is 11.3 Å². The Balaban J connectivity index is 1.05. The maximum absolute atomic E-state index is 2.54. The Labute approximate surface area is 394 Å². The summed E-state index contributed by atoms with van der Waals surface area (Å²) in [5.41, 5.74) is 20.7. The van der Waals surface area contributed by atoms with E-state index in [0.717, 1.165) is 17.1 Å². The van der Waals surface area contributed by atoms with Crippen LogP contribution in [0.2, 0.25) is 0 Å². The van der Waals surface area contributed by atoms with Crippen molar-refractivity contribution in [1.29, 1.82) is 0 Å². The van der Waals surface area contributed by atoms with Gasteiger partial charge in [-0.2, -0.15) is 0 Å². The predicted octanol–water partition coefficient (Wildman–Crippen LogP) is 18.0. The number of fused-ring (bicyclic) bond motifs is 14. The molecule has 11 aromatic carbocycles. The van der Waals surface area contributed by atoms with E-state index in [-0.39, 0.29) is 0 Å². The highest BCUT2D eigenvalue weighted by Gasteiger charge is 2.51. The van der Waals surface area contributed by atoms with Gasteiger partial charge in [0.25, 0.3) is 0 Å². The Hall–Kier alpha value is -8.30. The summed E-state index contributed by atoms with van der Waals surface area (Å²) in [5, 5.41) is 5.03. The Morgan fingerprint density at radius 3 is 1.51 bits per heavy atom. The Kier molecular flexibility index (Phi) is 8.44. The van der Waals surface area contributed by atoms with E-state index in [9.17, 15) is 0 Å². The molecule has 1 aromatic heterocycles. The van der Waals surface area contributed by atoms with Crippen LogP contribution in [0.15, 0.2) is 249 Å². The topological polar surface area (TPSA) is 3.24 Å². The zero-order chi connectivity index (χ0) is 44.1. The molecule has 1 spiro atoms. The van der Waals surface area contributed by atoms with Crippen LogP contribution in [-0.2, 0) is 5.41 Å². The second kappa shape index (κ2) is 14.9. The van der Waals surface area contributed by atoms with Gasteiger partial charge in [-0.1, -0.05) is 206 Å². The monoisotopic (exact) mass is 867 g/mol. The van der Waals surface area contributed by atoms with E-state index < -0.39 is 5.41 Å². The zero-order valence-electron chi connectivity index (χ0n) is 36.5. The molecular weight excluding hydrogens is 827 g/mol. The predicted molar refractivity (Wildman–Crippen MR) is 284 cm³/mol. The molecule has 0 aliphatic heterocycles. The van der Waals surface area contributed by atoms with Gasteiger partial charge in [-0.3, -0.25) is 0 Å². The lowest BCUT2D eigenvalue weighted by atomic mass is 9.70. The number of thiophene rings is 1. The first-order chi connectivity index (χ1) is 33.2. The molecule has 0 atom stereocenters. The molecule has 0 saturated carbocycles. The molecule has 312 valence electrons. The normalized spacial score (nSPS) is 12.9. The van der Waals surface area contributed by atoms with Crippen LogP contribution in [-0.4, -0.2) is 0 Å². The molecule has 2 aliphatic rings. The maximum atomic E-state index is 2.54. The van der Waals surface area contributed by atoms with Crippen molar-refractivity contribution in [2.45, 2.75) is 5.41 Å². The van der Waals surface area contributed by atoms with Crippen LogP contribution in [0.3, 0.4) is 0 Å². The van der Waals surface area contributed by atoms with Crippen LogP contribution in [0.25, 0.3) is 86.6 Å². The van der Waals surface area contributed by atoms with Crippen molar-refractivity contribution in [2.75, 3.05) is 4.90 Å². The van der Waals surface area contributed by atoms with E-state index in [1.54, 1.807) is 0 Å². The van der Waals surface area contributed by atoms with E-state index in [1.165, 1.54) is 109 Å². The average Bonchev–Trinajstić information content (AvgIpc) is 4.04. The van der Waals surface area contributed by atoms with Crippen molar-refractivity contribution >= 4 is 59.3 Å². The molecule has 0 unspecified atom stereocenters. The number of rotatable bonds is 6. The van der Waals surface area contributed by atoms with Crippen LogP contribution < -0.4 is 4.90 Å². The van der Waals surface area contributed by atoms with Crippen LogP contribution in [0.1, 0.15) is 22.3 Å².